The van der Waals surface area contributed by atoms with Crippen LogP contribution in [-0.4, -0.2) is 35.6 Å². The van der Waals surface area contributed by atoms with Crippen LogP contribution in [-0.2, 0) is 0 Å². The molecule has 4 unspecified atom stereocenters. The Balaban J connectivity index is 1.42. The quantitative estimate of drug-likeness (QED) is 0.859. The first-order chi connectivity index (χ1) is 9.78. The fourth-order valence-corrected chi connectivity index (χ4v) is 5.01. The maximum absolute atomic E-state index is 9.71. The maximum Gasteiger partial charge on any atom is 0.108 e. The van der Waals surface area contributed by atoms with Crippen molar-refractivity contribution in [1.82, 2.24) is 10.2 Å². The molecule has 110 valence electrons. The Hall–Kier alpha value is -0.590. The maximum atomic E-state index is 9.71. The van der Waals surface area contributed by atoms with Crippen molar-refractivity contribution in [3.8, 4) is 6.07 Å². The third-order valence-electron chi connectivity index (χ3n) is 6.27. The molecule has 3 saturated carbocycles. The molecule has 4 atom stereocenters. The molecule has 0 bridgehead atoms. The van der Waals surface area contributed by atoms with Crippen LogP contribution in [0.15, 0.2) is 0 Å². The lowest BCUT2D eigenvalue weighted by Gasteiger charge is -2.40. The molecule has 0 aromatic rings. The van der Waals surface area contributed by atoms with E-state index < -0.39 is 0 Å². The van der Waals surface area contributed by atoms with Crippen molar-refractivity contribution in [3.05, 3.63) is 0 Å². The van der Waals surface area contributed by atoms with Crippen LogP contribution < -0.4 is 5.32 Å². The minimum absolute atomic E-state index is 0.207. The minimum Gasteiger partial charge on any atom is -0.300 e. The van der Waals surface area contributed by atoms with Gasteiger partial charge in [-0.3, -0.25) is 10.2 Å². The summed E-state index contributed by atoms with van der Waals surface area (Å²) < 4.78 is 0. The Morgan fingerprint density at radius 1 is 1.00 bits per heavy atom. The Morgan fingerprint density at radius 3 is 2.40 bits per heavy atom. The van der Waals surface area contributed by atoms with Crippen LogP contribution >= 0.6 is 0 Å². The highest BCUT2D eigenvalue weighted by atomic mass is 15.2. The molecule has 3 nitrogen and oxygen atoms in total. The van der Waals surface area contributed by atoms with Crippen LogP contribution in [0.4, 0.5) is 0 Å². The smallest absolute Gasteiger partial charge is 0.108 e. The highest BCUT2D eigenvalue weighted by molar-refractivity contribution is 5.14. The highest BCUT2D eigenvalue weighted by Gasteiger charge is 2.45. The number of fused-ring (bicyclic) bond motifs is 1. The average molecular weight is 273 g/mol. The van der Waals surface area contributed by atoms with Crippen molar-refractivity contribution >= 4 is 0 Å². The van der Waals surface area contributed by atoms with Crippen molar-refractivity contribution in [2.75, 3.05) is 13.1 Å². The zero-order valence-corrected chi connectivity index (χ0v) is 12.5. The summed E-state index contributed by atoms with van der Waals surface area (Å²) in [5.74, 6) is 1.95. The van der Waals surface area contributed by atoms with Gasteiger partial charge in [-0.25, -0.2) is 0 Å². The standard InChI is InChI=1S/C17H27N3/c18-12-17(19-15-6-7-15)8-2-5-16(9-17)20-10-13-3-1-4-14(13)11-20/h13-16,19H,1-11H2. The van der Waals surface area contributed by atoms with E-state index in [1.807, 2.05) is 0 Å². The first kappa shape index (κ1) is 13.1. The molecule has 0 amide bonds. The van der Waals surface area contributed by atoms with Crippen molar-refractivity contribution < 1.29 is 0 Å². The molecule has 0 spiro atoms. The molecule has 4 fully saturated rings. The lowest BCUT2D eigenvalue weighted by molar-refractivity contribution is 0.134. The third-order valence-corrected chi connectivity index (χ3v) is 6.27. The van der Waals surface area contributed by atoms with Crippen LogP contribution in [0.5, 0.6) is 0 Å². The summed E-state index contributed by atoms with van der Waals surface area (Å²) in [6, 6.07) is 3.97. The number of hydrogen-bond acceptors (Lipinski definition) is 3. The Kier molecular flexibility index (Phi) is 3.27. The molecule has 1 heterocycles. The van der Waals surface area contributed by atoms with E-state index in [0.717, 1.165) is 24.7 Å². The minimum atomic E-state index is -0.207. The van der Waals surface area contributed by atoms with Gasteiger partial charge in [0.05, 0.1) is 6.07 Å². The summed E-state index contributed by atoms with van der Waals surface area (Å²) in [7, 11) is 0. The van der Waals surface area contributed by atoms with E-state index in [0.29, 0.717) is 12.1 Å². The van der Waals surface area contributed by atoms with Gasteiger partial charge in [-0.2, -0.15) is 5.26 Å². The molecule has 1 saturated heterocycles. The van der Waals surface area contributed by atoms with E-state index in [9.17, 15) is 5.26 Å². The van der Waals surface area contributed by atoms with Gasteiger partial charge in [0.2, 0.25) is 0 Å². The number of hydrogen-bond donors (Lipinski definition) is 1. The molecule has 0 aromatic carbocycles. The predicted octanol–water partition coefficient (Wildman–Crippen LogP) is 2.68. The summed E-state index contributed by atoms with van der Waals surface area (Å²) in [6.07, 6.45) is 11.6. The lowest BCUT2D eigenvalue weighted by atomic mass is 9.79. The molecule has 0 aromatic heterocycles. The molecule has 1 N–H and O–H groups in total. The largest absolute Gasteiger partial charge is 0.300 e. The molecule has 4 rings (SSSR count). The predicted molar refractivity (Wildman–Crippen MR) is 79.2 cm³/mol. The van der Waals surface area contributed by atoms with Gasteiger partial charge < -0.3 is 0 Å². The van der Waals surface area contributed by atoms with Gasteiger partial charge in [-0.05, 0) is 63.2 Å². The van der Waals surface area contributed by atoms with Gasteiger partial charge in [-0.15, -0.1) is 0 Å². The fraction of sp³-hybridized carbons (Fsp3) is 0.941. The second kappa shape index (κ2) is 5.00. The number of nitriles is 1. The molecule has 4 aliphatic rings. The van der Waals surface area contributed by atoms with Gasteiger partial charge >= 0.3 is 0 Å². The Bertz CT molecular complexity index is 399. The number of nitrogens with zero attached hydrogens (tertiary/aromatic N) is 2. The molecular formula is C17H27N3. The van der Waals surface area contributed by atoms with Crippen molar-refractivity contribution in [1.29, 1.82) is 5.26 Å². The monoisotopic (exact) mass is 273 g/mol. The third kappa shape index (κ3) is 2.38. The second-order valence-electron chi connectivity index (χ2n) is 7.77. The summed E-state index contributed by atoms with van der Waals surface area (Å²) >= 11 is 0. The first-order valence-electron chi connectivity index (χ1n) is 8.71. The van der Waals surface area contributed by atoms with E-state index in [4.69, 9.17) is 0 Å². The average Bonchev–Trinajstić information content (AvgIpc) is 3.00. The van der Waals surface area contributed by atoms with Crippen LogP contribution in [0.25, 0.3) is 0 Å². The molecule has 3 heteroatoms. The topological polar surface area (TPSA) is 39.1 Å². The Labute approximate surface area is 122 Å². The molecule has 3 aliphatic carbocycles. The highest BCUT2D eigenvalue weighted by Crippen LogP contribution is 2.42. The summed E-state index contributed by atoms with van der Waals surface area (Å²) in [6.45, 7) is 2.64. The van der Waals surface area contributed by atoms with Crippen molar-refractivity contribution in [2.45, 2.75) is 75.4 Å². The van der Waals surface area contributed by atoms with E-state index in [1.54, 1.807) is 0 Å². The van der Waals surface area contributed by atoms with Crippen LogP contribution in [0.3, 0.4) is 0 Å². The number of rotatable bonds is 3. The Morgan fingerprint density at radius 2 is 1.75 bits per heavy atom. The van der Waals surface area contributed by atoms with E-state index in [-0.39, 0.29) is 5.54 Å². The zero-order chi connectivity index (χ0) is 13.6. The number of likely N-dealkylation sites (tertiary alicyclic amines) is 1. The number of nitrogens with one attached hydrogen (secondary N) is 1. The zero-order valence-electron chi connectivity index (χ0n) is 12.5. The summed E-state index contributed by atoms with van der Waals surface area (Å²) in [5.41, 5.74) is -0.207. The van der Waals surface area contributed by atoms with E-state index in [2.05, 4.69) is 16.3 Å². The first-order valence-corrected chi connectivity index (χ1v) is 8.71. The normalized spacial score (nSPS) is 45.2. The molecule has 20 heavy (non-hydrogen) atoms. The van der Waals surface area contributed by atoms with Crippen LogP contribution in [0.2, 0.25) is 0 Å². The van der Waals surface area contributed by atoms with Crippen LogP contribution in [0.1, 0.15) is 57.8 Å². The van der Waals surface area contributed by atoms with Gasteiger partial charge in [0, 0.05) is 25.2 Å². The second-order valence-corrected chi connectivity index (χ2v) is 7.77. The van der Waals surface area contributed by atoms with Gasteiger partial charge in [0.25, 0.3) is 0 Å². The van der Waals surface area contributed by atoms with E-state index >= 15 is 0 Å². The molecular weight excluding hydrogens is 246 g/mol. The van der Waals surface area contributed by atoms with Gasteiger partial charge in [0.15, 0.2) is 0 Å². The van der Waals surface area contributed by atoms with Crippen molar-refractivity contribution in [3.63, 3.8) is 0 Å². The molecule has 1 aliphatic heterocycles. The fourth-order valence-electron chi connectivity index (χ4n) is 5.01. The summed E-state index contributed by atoms with van der Waals surface area (Å²) in [5, 5.41) is 13.4. The van der Waals surface area contributed by atoms with E-state index in [1.165, 1.54) is 58.0 Å². The van der Waals surface area contributed by atoms with Gasteiger partial charge in [-0.1, -0.05) is 6.42 Å². The van der Waals surface area contributed by atoms with Crippen LogP contribution in [0, 0.1) is 23.2 Å². The molecule has 0 radical (unpaired) electrons. The summed E-state index contributed by atoms with van der Waals surface area (Å²) in [4.78, 5) is 2.74. The van der Waals surface area contributed by atoms with Crippen molar-refractivity contribution in [2.24, 2.45) is 11.8 Å². The SMILES string of the molecule is N#CC1(NC2CC2)CCCC(N2CC3CCCC3C2)C1. The lowest BCUT2D eigenvalue weighted by Crippen LogP contribution is -2.53. The van der Waals surface area contributed by atoms with Gasteiger partial charge in [0.1, 0.15) is 5.54 Å².